The molecule has 5 heteroatoms. The molecule has 1 fully saturated rings. The van der Waals surface area contributed by atoms with Crippen LogP contribution in [0.25, 0.3) is 0 Å². The van der Waals surface area contributed by atoms with Gasteiger partial charge in [-0.05, 0) is 66.9 Å². The molecular formula is C25H26N4O. The number of aromatic nitrogens is 1. The fourth-order valence-corrected chi connectivity index (χ4v) is 4.59. The largest absolute Gasteiger partial charge is 0.372 e. The summed E-state index contributed by atoms with van der Waals surface area (Å²) in [5.41, 5.74) is 5.93. The van der Waals surface area contributed by atoms with Gasteiger partial charge in [-0.25, -0.2) is 0 Å². The number of hydrogen-bond donors (Lipinski definition) is 1. The van der Waals surface area contributed by atoms with Gasteiger partial charge in [-0.3, -0.25) is 9.78 Å². The summed E-state index contributed by atoms with van der Waals surface area (Å²) in [5, 5.41) is 3.38. The van der Waals surface area contributed by atoms with Crippen LogP contribution in [0, 0.1) is 0 Å². The van der Waals surface area contributed by atoms with Crippen LogP contribution in [0.15, 0.2) is 67.0 Å². The van der Waals surface area contributed by atoms with Crippen molar-refractivity contribution < 1.29 is 4.79 Å². The highest BCUT2D eigenvalue weighted by Crippen LogP contribution is 2.34. The Bertz CT molecular complexity index is 1060. The zero-order chi connectivity index (χ0) is 20.5. The minimum atomic E-state index is 0.0705. The quantitative estimate of drug-likeness (QED) is 0.628. The van der Waals surface area contributed by atoms with E-state index in [-0.39, 0.29) is 5.91 Å². The molecule has 152 valence electrons. The number of nitrogens with one attached hydrogen (secondary N) is 1. The first kappa shape index (κ1) is 18.7. The number of pyridine rings is 1. The molecule has 0 atom stereocenters. The lowest BCUT2D eigenvalue weighted by Crippen LogP contribution is -2.29. The third kappa shape index (κ3) is 3.52. The Kier molecular flexibility index (Phi) is 4.87. The highest BCUT2D eigenvalue weighted by Gasteiger charge is 2.29. The lowest BCUT2D eigenvalue weighted by molar-refractivity contribution is 0.0996. The van der Waals surface area contributed by atoms with Gasteiger partial charge in [0.2, 0.25) is 0 Å². The number of carbonyl (C=O) groups is 1. The zero-order valence-corrected chi connectivity index (χ0v) is 17.2. The Morgan fingerprint density at radius 2 is 1.80 bits per heavy atom. The summed E-state index contributed by atoms with van der Waals surface area (Å²) in [6.45, 7) is 0.594. The predicted octanol–water partition coefficient (Wildman–Crippen LogP) is 5.36. The van der Waals surface area contributed by atoms with Gasteiger partial charge in [0.05, 0.1) is 6.54 Å². The fraction of sp³-hybridized carbons (Fsp3) is 0.280. The molecule has 0 radical (unpaired) electrons. The van der Waals surface area contributed by atoms with E-state index in [1.165, 1.54) is 31.4 Å². The fourth-order valence-electron chi connectivity index (χ4n) is 4.59. The highest BCUT2D eigenvalue weighted by atomic mass is 16.2. The van der Waals surface area contributed by atoms with Gasteiger partial charge < -0.3 is 15.1 Å². The lowest BCUT2D eigenvalue weighted by atomic mass is 10.1. The van der Waals surface area contributed by atoms with Gasteiger partial charge in [-0.15, -0.1) is 0 Å². The van der Waals surface area contributed by atoms with Gasteiger partial charge in [0, 0.05) is 53.8 Å². The van der Waals surface area contributed by atoms with E-state index in [4.69, 9.17) is 0 Å². The van der Waals surface area contributed by atoms with E-state index < -0.39 is 0 Å². The van der Waals surface area contributed by atoms with Crippen molar-refractivity contribution in [3.63, 3.8) is 0 Å². The van der Waals surface area contributed by atoms with Crippen LogP contribution >= 0.6 is 0 Å². The number of anilines is 4. The van der Waals surface area contributed by atoms with Gasteiger partial charge in [0.15, 0.2) is 0 Å². The van der Waals surface area contributed by atoms with Crippen molar-refractivity contribution in [3.05, 3.63) is 78.1 Å². The summed E-state index contributed by atoms with van der Waals surface area (Å²) >= 11 is 0. The summed E-state index contributed by atoms with van der Waals surface area (Å²) in [4.78, 5) is 21.4. The number of hydrogen-bond acceptors (Lipinski definition) is 4. The molecular weight excluding hydrogens is 372 g/mol. The number of benzene rings is 2. The van der Waals surface area contributed by atoms with Gasteiger partial charge >= 0.3 is 0 Å². The standard InChI is InChI=1S/C25H26N4O/c1-28(21-5-2-3-6-21)22-7-4-8-23(16-22)29-17-18-15-20(9-10-24(18)25(29)30)27-19-11-13-26-14-12-19/h4,7-16,21H,2-3,5-6,17H2,1H3,(H,26,27). The molecule has 1 aromatic heterocycles. The minimum absolute atomic E-state index is 0.0705. The van der Waals surface area contributed by atoms with Crippen molar-refractivity contribution in [2.75, 3.05) is 22.2 Å². The van der Waals surface area contributed by atoms with Gasteiger partial charge in [-0.2, -0.15) is 0 Å². The van der Waals surface area contributed by atoms with E-state index in [9.17, 15) is 4.79 Å². The third-order valence-electron chi connectivity index (χ3n) is 6.30. The molecule has 0 spiro atoms. The van der Waals surface area contributed by atoms with E-state index >= 15 is 0 Å². The Labute approximate surface area is 177 Å². The maximum Gasteiger partial charge on any atom is 0.258 e. The second kappa shape index (κ2) is 7.82. The molecule has 30 heavy (non-hydrogen) atoms. The molecule has 0 unspecified atom stereocenters. The molecule has 0 saturated heterocycles. The SMILES string of the molecule is CN(c1cccc(N2Cc3cc(Nc4ccncc4)ccc3C2=O)c1)C1CCCC1. The van der Waals surface area contributed by atoms with Crippen molar-refractivity contribution in [1.29, 1.82) is 0 Å². The van der Waals surface area contributed by atoms with Gasteiger partial charge in [-0.1, -0.05) is 18.9 Å². The van der Waals surface area contributed by atoms with Crippen molar-refractivity contribution in [2.24, 2.45) is 0 Å². The van der Waals surface area contributed by atoms with Gasteiger partial charge in [0.1, 0.15) is 0 Å². The van der Waals surface area contributed by atoms with Crippen LogP contribution < -0.4 is 15.1 Å². The number of rotatable bonds is 5. The summed E-state index contributed by atoms with van der Waals surface area (Å²) in [6.07, 6.45) is 8.65. The molecule has 2 heterocycles. The van der Waals surface area contributed by atoms with E-state index in [2.05, 4.69) is 46.5 Å². The topological polar surface area (TPSA) is 48.5 Å². The smallest absolute Gasteiger partial charge is 0.258 e. The van der Waals surface area contributed by atoms with Crippen LogP contribution in [-0.2, 0) is 6.54 Å². The molecule has 1 amide bonds. The number of fused-ring (bicyclic) bond motifs is 1. The molecule has 1 saturated carbocycles. The van der Waals surface area contributed by atoms with Crippen molar-refractivity contribution in [2.45, 2.75) is 38.3 Å². The predicted molar refractivity (Wildman–Crippen MR) is 122 cm³/mol. The maximum atomic E-state index is 13.1. The summed E-state index contributed by atoms with van der Waals surface area (Å²) in [5.74, 6) is 0.0705. The maximum absolute atomic E-state index is 13.1. The van der Waals surface area contributed by atoms with Crippen LogP contribution in [0.1, 0.15) is 41.6 Å². The van der Waals surface area contributed by atoms with E-state index in [0.717, 1.165) is 28.2 Å². The van der Waals surface area contributed by atoms with Crippen LogP contribution in [0.3, 0.4) is 0 Å². The van der Waals surface area contributed by atoms with Gasteiger partial charge in [0.25, 0.3) is 5.91 Å². The summed E-state index contributed by atoms with van der Waals surface area (Å²) in [6, 6.07) is 18.8. The first-order valence-corrected chi connectivity index (χ1v) is 10.6. The number of amides is 1. The normalized spacial score (nSPS) is 16.0. The number of nitrogens with zero attached hydrogens (tertiary/aromatic N) is 3. The highest BCUT2D eigenvalue weighted by molar-refractivity contribution is 6.10. The minimum Gasteiger partial charge on any atom is -0.372 e. The third-order valence-corrected chi connectivity index (χ3v) is 6.30. The Balaban J connectivity index is 1.37. The van der Waals surface area contributed by atoms with E-state index in [1.807, 2.05) is 35.2 Å². The zero-order valence-electron chi connectivity index (χ0n) is 17.2. The van der Waals surface area contributed by atoms with Crippen molar-refractivity contribution in [3.8, 4) is 0 Å². The second-order valence-corrected chi connectivity index (χ2v) is 8.19. The van der Waals surface area contributed by atoms with Crippen LogP contribution in [0.5, 0.6) is 0 Å². The van der Waals surface area contributed by atoms with Crippen LogP contribution in [0.2, 0.25) is 0 Å². The van der Waals surface area contributed by atoms with Crippen LogP contribution in [-0.4, -0.2) is 24.0 Å². The molecule has 1 aliphatic carbocycles. The molecule has 3 aromatic rings. The molecule has 0 bridgehead atoms. The first-order chi connectivity index (χ1) is 14.7. The lowest BCUT2D eigenvalue weighted by Gasteiger charge is -2.28. The molecule has 5 rings (SSSR count). The average molecular weight is 399 g/mol. The molecule has 1 N–H and O–H groups in total. The van der Waals surface area contributed by atoms with E-state index in [0.29, 0.717) is 12.6 Å². The molecule has 2 aliphatic rings. The Hall–Kier alpha value is -3.34. The second-order valence-electron chi connectivity index (χ2n) is 8.19. The Morgan fingerprint density at radius 1 is 1.00 bits per heavy atom. The summed E-state index contributed by atoms with van der Waals surface area (Å²) in [7, 11) is 2.17. The monoisotopic (exact) mass is 398 g/mol. The number of carbonyl (C=O) groups excluding carboxylic acids is 1. The van der Waals surface area contributed by atoms with Crippen molar-refractivity contribution >= 4 is 28.7 Å². The molecule has 5 nitrogen and oxygen atoms in total. The van der Waals surface area contributed by atoms with Crippen LogP contribution in [0.4, 0.5) is 22.7 Å². The summed E-state index contributed by atoms with van der Waals surface area (Å²) < 4.78 is 0. The Morgan fingerprint density at radius 3 is 2.60 bits per heavy atom. The van der Waals surface area contributed by atoms with Crippen molar-refractivity contribution in [1.82, 2.24) is 4.98 Å². The molecule has 2 aromatic carbocycles. The first-order valence-electron chi connectivity index (χ1n) is 10.6. The molecule has 1 aliphatic heterocycles. The van der Waals surface area contributed by atoms with E-state index in [1.54, 1.807) is 12.4 Å². The average Bonchev–Trinajstić information content (AvgIpc) is 3.43.